The van der Waals surface area contributed by atoms with Crippen molar-refractivity contribution in [3.63, 3.8) is 0 Å². The highest BCUT2D eigenvalue weighted by molar-refractivity contribution is 7.87. The third kappa shape index (κ3) is 4.17. The van der Waals surface area contributed by atoms with Gasteiger partial charge in [0.25, 0.3) is 10.2 Å². The molecule has 1 aliphatic carbocycles. The zero-order chi connectivity index (χ0) is 14.6. The smallest absolute Gasteiger partial charge is 0.306 e. The lowest BCUT2D eigenvalue weighted by Gasteiger charge is -2.29. The molecular formula is C13H24N2O4S. The fraction of sp³-hybridized carbons (Fsp3) is 0.923. The molecule has 2 unspecified atom stereocenters. The van der Waals surface area contributed by atoms with Crippen molar-refractivity contribution in [2.75, 3.05) is 13.1 Å². The van der Waals surface area contributed by atoms with E-state index in [-0.39, 0.29) is 6.04 Å². The second-order valence-electron chi connectivity index (χ2n) is 5.83. The molecule has 1 saturated carbocycles. The van der Waals surface area contributed by atoms with Crippen LogP contribution in [-0.2, 0) is 15.0 Å². The largest absolute Gasteiger partial charge is 0.481 e. The van der Waals surface area contributed by atoms with Crippen LogP contribution in [-0.4, -0.2) is 42.9 Å². The number of rotatable bonds is 4. The molecule has 2 aliphatic rings. The van der Waals surface area contributed by atoms with Crippen LogP contribution in [0.4, 0.5) is 0 Å². The van der Waals surface area contributed by atoms with Crippen LogP contribution in [0, 0.1) is 5.92 Å². The van der Waals surface area contributed by atoms with Gasteiger partial charge in [-0.15, -0.1) is 0 Å². The summed E-state index contributed by atoms with van der Waals surface area (Å²) >= 11 is 0. The van der Waals surface area contributed by atoms with E-state index < -0.39 is 22.1 Å². The Hall–Kier alpha value is -0.660. The summed E-state index contributed by atoms with van der Waals surface area (Å²) in [6.07, 6.45) is 6.53. The van der Waals surface area contributed by atoms with Gasteiger partial charge in [0.1, 0.15) is 0 Å². The first kappa shape index (κ1) is 15.7. The van der Waals surface area contributed by atoms with Crippen LogP contribution in [0.3, 0.4) is 0 Å². The van der Waals surface area contributed by atoms with Gasteiger partial charge in [-0.25, -0.2) is 0 Å². The molecule has 2 rings (SSSR count). The van der Waals surface area contributed by atoms with Crippen LogP contribution in [0.25, 0.3) is 0 Å². The molecule has 116 valence electrons. The van der Waals surface area contributed by atoms with E-state index in [1.807, 2.05) is 0 Å². The molecule has 0 radical (unpaired) electrons. The van der Waals surface area contributed by atoms with Gasteiger partial charge in [0.15, 0.2) is 0 Å². The lowest BCUT2D eigenvalue weighted by atomic mass is 9.86. The first-order valence-electron chi connectivity index (χ1n) is 7.49. The van der Waals surface area contributed by atoms with Crippen molar-refractivity contribution in [2.24, 2.45) is 5.92 Å². The molecule has 0 aromatic rings. The standard InChI is InChI=1S/C13H24N2O4S/c16-13(17)11-6-5-7-12(10-11)14-20(18,19)15-8-3-1-2-4-9-15/h11-12,14H,1-10H2,(H,16,17). The van der Waals surface area contributed by atoms with E-state index in [1.165, 1.54) is 4.31 Å². The fourth-order valence-corrected chi connectivity index (χ4v) is 4.61. The normalized spacial score (nSPS) is 29.8. The Morgan fingerprint density at radius 2 is 1.70 bits per heavy atom. The Bertz CT molecular complexity index is 430. The molecule has 7 heteroatoms. The van der Waals surface area contributed by atoms with Crippen LogP contribution in [0.15, 0.2) is 0 Å². The zero-order valence-corrected chi connectivity index (χ0v) is 12.6. The molecule has 0 aromatic heterocycles. The molecule has 2 N–H and O–H groups in total. The van der Waals surface area contributed by atoms with Crippen LogP contribution >= 0.6 is 0 Å². The summed E-state index contributed by atoms with van der Waals surface area (Å²) in [5.41, 5.74) is 0. The van der Waals surface area contributed by atoms with E-state index in [0.717, 1.165) is 38.5 Å². The van der Waals surface area contributed by atoms with Crippen LogP contribution < -0.4 is 4.72 Å². The number of hydrogen-bond donors (Lipinski definition) is 2. The molecule has 6 nitrogen and oxygen atoms in total. The van der Waals surface area contributed by atoms with Gasteiger partial charge in [-0.2, -0.15) is 17.4 Å². The third-order valence-corrected chi connectivity index (χ3v) is 5.92. The molecular weight excluding hydrogens is 280 g/mol. The maximum Gasteiger partial charge on any atom is 0.306 e. The minimum absolute atomic E-state index is 0.238. The molecule has 1 aliphatic heterocycles. The van der Waals surface area contributed by atoms with E-state index in [2.05, 4.69) is 4.72 Å². The average Bonchev–Trinajstić information content (AvgIpc) is 2.67. The molecule has 1 saturated heterocycles. The predicted octanol–water partition coefficient (Wildman–Crippen LogP) is 1.34. The summed E-state index contributed by atoms with van der Waals surface area (Å²) in [5, 5.41) is 9.05. The van der Waals surface area contributed by atoms with E-state index in [0.29, 0.717) is 25.9 Å². The fourth-order valence-electron chi connectivity index (χ4n) is 3.09. The summed E-state index contributed by atoms with van der Waals surface area (Å²) in [6.45, 7) is 1.15. The van der Waals surface area contributed by atoms with Gasteiger partial charge in [0.05, 0.1) is 5.92 Å². The van der Waals surface area contributed by atoms with E-state index in [9.17, 15) is 13.2 Å². The number of aliphatic carboxylic acids is 1. The quantitative estimate of drug-likeness (QED) is 0.820. The molecule has 0 aromatic carbocycles. The lowest BCUT2D eigenvalue weighted by molar-refractivity contribution is -0.143. The zero-order valence-electron chi connectivity index (χ0n) is 11.8. The number of hydrogen-bond acceptors (Lipinski definition) is 3. The monoisotopic (exact) mass is 304 g/mol. The van der Waals surface area contributed by atoms with Gasteiger partial charge >= 0.3 is 5.97 Å². The Balaban J connectivity index is 1.94. The topological polar surface area (TPSA) is 86.7 Å². The highest BCUT2D eigenvalue weighted by Crippen LogP contribution is 2.25. The van der Waals surface area contributed by atoms with E-state index in [1.54, 1.807) is 0 Å². The summed E-state index contributed by atoms with van der Waals surface area (Å²) in [7, 11) is -3.47. The van der Waals surface area contributed by atoms with Crippen LogP contribution in [0.5, 0.6) is 0 Å². The second-order valence-corrected chi connectivity index (χ2v) is 7.54. The molecule has 2 atom stereocenters. The minimum atomic E-state index is -3.47. The van der Waals surface area contributed by atoms with Gasteiger partial charge in [-0.3, -0.25) is 4.79 Å². The average molecular weight is 304 g/mol. The van der Waals surface area contributed by atoms with E-state index in [4.69, 9.17) is 5.11 Å². The van der Waals surface area contributed by atoms with Gasteiger partial charge in [-0.05, 0) is 32.1 Å². The molecule has 2 fully saturated rings. The summed E-state index contributed by atoms with van der Waals surface area (Å²) in [4.78, 5) is 11.0. The summed E-state index contributed by atoms with van der Waals surface area (Å²) in [5.74, 6) is -1.23. The number of carboxylic acid groups (broad SMARTS) is 1. The van der Waals surface area contributed by atoms with Crippen LogP contribution in [0.2, 0.25) is 0 Å². The third-order valence-electron chi connectivity index (χ3n) is 4.24. The Morgan fingerprint density at radius 3 is 2.30 bits per heavy atom. The number of nitrogens with one attached hydrogen (secondary N) is 1. The van der Waals surface area contributed by atoms with Crippen molar-refractivity contribution in [2.45, 2.75) is 57.4 Å². The Kier molecular flexibility index (Phi) is 5.40. The van der Waals surface area contributed by atoms with Gasteiger partial charge in [0.2, 0.25) is 0 Å². The first-order valence-corrected chi connectivity index (χ1v) is 8.93. The number of nitrogens with zero attached hydrogens (tertiary/aromatic N) is 1. The predicted molar refractivity (Wildman–Crippen MR) is 75.5 cm³/mol. The minimum Gasteiger partial charge on any atom is -0.481 e. The molecule has 20 heavy (non-hydrogen) atoms. The summed E-state index contributed by atoms with van der Waals surface area (Å²) < 4.78 is 28.9. The highest BCUT2D eigenvalue weighted by Gasteiger charge is 2.31. The Morgan fingerprint density at radius 1 is 1.05 bits per heavy atom. The maximum atomic E-state index is 12.4. The maximum absolute atomic E-state index is 12.4. The number of carboxylic acids is 1. The molecule has 0 amide bonds. The van der Waals surface area contributed by atoms with Gasteiger partial charge in [0, 0.05) is 19.1 Å². The van der Waals surface area contributed by atoms with Crippen molar-refractivity contribution < 1.29 is 18.3 Å². The summed E-state index contributed by atoms with van der Waals surface area (Å²) in [6, 6.07) is -0.238. The lowest BCUT2D eigenvalue weighted by Crippen LogP contribution is -2.47. The van der Waals surface area contributed by atoms with Crippen molar-refractivity contribution >= 4 is 16.2 Å². The molecule has 1 heterocycles. The first-order chi connectivity index (χ1) is 9.49. The van der Waals surface area contributed by atoms with E-state index >= 15 is 0 Å². The van der Waals surface area contributed by atoms with Gasteiger partial charge in [-0.1, -0.05) is 19.3 Å². The van der Waals surface area contributed by atoms with Crippen molar-refractivity contribution in [1.82, 2.24) is 9.03 Å². The van der Waals surface area contributed by atoms with Crippen molar-refractivity contribution in [1.29, 1.82) is 0 Å². The molecule has 0 spiro atoms. The van der Waals surface area contributed by atoms with Gasteiger partial charge < -0.3 is 5.11 Å². The Labute approximate surface area is 120 Å². The van der Waals surface area contributed by atoms with Crippen molar-refractivity contribution in [3.8, 4) is 0 Å². The van der Waals surface area contributed by atoms with Crippen molar-refractivity contribution in [3.05, 3.63) is 0 Å². The second kappa shape index (κ2) is 6.87. The van der Waals surface area contributed by atoms with Crippen LogP contribution in [0.1, 0.15) is 51.4 Å². The SMILES string of the molecule is O=C(O)C1CCCC(NS(=O)(=O)N2CCCCCC2)C1. The molecule has 0 bridgehead atoms. The number of carbonyl (C=O) groups is 1. The highest BCUT2D eigenvalue weighted by atomic mass is 32.2.